The molecule has 0 saturated heterocycles. The van der Waals surface area contributed by atoms with Gasteiger partial charge in [0.25, 0.3) is 0 Å². The molecule has 4 rings (SSSR count). The van der Waals surface area contributed by atoms with Crippen molar-refractivity contribution < 1.29 is 14.3 Å². The Hall–Kier alpha value is -2.65. The fourth-order valence-electron chi connectivity index (χ4n) is 3.19. The number of hydrogen-bond donors (Lipinski definition) is 1. The zero-order chi connectivity index (χ0) is 19.8. The number of fused-ring (bicyclic) bond motifs is 3. The Morgan fingerprint density at radius 1 is 1.25 bits per heavy atom. The summed E-state index contributed by atoms with van der Waals surface area (Å²) in [7, 11) is 0. The van der Waals surface area contributed by atoms with Crippen LogP contribution in [0.4, 0.5) is 0 Å². The van der Waals surface area contributed by atoms with Crippen LogP contribution in [-0.2, 0) is 4.74 Å². The van der Waals surface area contributed by atoms with E-state index in [1.807, 2.05) is 28.7 Å². The van der Waals surface area contributed by atoms with Crippen LogP contribution in [-0.4, -0.2) is 43.7 Å². The van der Waals surface area contributed by atoms with E-state index in [1.165, 1.54) is 11.8 Å². The number of carbonyl (C=O) groups excluding carboxylic acids is 2. The fourth-order valence-corrected chi connectivity index (χ4v) is 5.03. The first-order chi connectivity index (χ1) is 13.5. The third-order valence-corrected chi connectivity index (χ3v) is 6.38. The highest BCUT2D eigenvalue weighted by atomic mass is 32.2. The molecule has 0 fully saturated rings. The summed E-state index contributed by atoms with van der Waals surface area (Å²) in [6.45, 7) is 5.57. The van der Waals surface area contributed by atoms with Gasteiger partial charge in [-0.2, -0.15) is 0 Å². The molecule has 4 aromatic rings. The molecule has 144 valence electrons. The summed E-state index contributed by atoms with van der Waals surface area (Å²) >= 11 is 2.89. The summed E-state index contributed by atoms with van der Waals surface area (Å²) in [5, 5.41) is 9.11. The number of aromatic amines is 1. The number of aryl methyl sites for hydroxylation is 1. The monoisotopic (exact) mass is 414 g/mol. The number of ether oxygens (including phenoxy) is 1. The summed E-state index contributed by atoms with van der Waals surface area (Å²) in [4.78, 5) is 28.8. The van der Waals surface area contributed by atoms with Crippen molar-refractivity contribution in [3.05, 3.63) is 46.8 Å². The third kappa shape index (κ3) is 3.10. The molecule has 0 unspecified atom stereocenters. The summed E-state index contributed by atoms with van der Waals surface area (Å²) in [6, 6.07) is 8.00. The molecular weight excluding hydrogens is 396 g/mol. The lowest BCUT2D eigenvalue weighted by Gasteiger charge is -2.03. The normalized spacial score (nSPS) is 11.4. The number of nitrogens with one attached hydrogen (secondary N) is 1. The average molecular weight is 415 g/mol. The molecule has 0 aliphatic rings. The summed E-state index contributed by atoms with van der Waals surface area (Å²) in [5.41, 5.74) is 3.15. The van der Waals surface area contributed by atoms with Gasteiger partial charge >= 0.3 is 5.97 Å². The van der Waals surface area contributed by atoms with Crippen molar-refractivity contribution in [1.29, 1.82) is 0 Å². The smallest absolute Gasteiger partial charge is 0.340 e. The Labute approximate surface area is 169 Å². The van der Waals surface area contributed by atoms with E-state index >= 15 is 0 Å². The number of esters is 1. The van der Waals surface area contributed by atoms with Gasteiger partial charge in [0.1, 0.15) is 0 Å². The van der Waals surface area contributed by atoms with Gasteiger partial charge in [-0.25, -0.2) is 4.79 Å². The maximum absolute atomic E-state index is 12.8. The molecule has 1 aromatic carbocycles. The Kier molecular flexibility index (Phi) is 4.94. The molecule has 0 radical (unpaired) electrons. The zero-order valence-corrected chi connectivity index (χ0v) is 17.2. The van der Waals surface area contributed by atoms with Crippen LogP contribution >= 0.6 is 23.1 Å². The van der Waals surface area contributed by atoms with Gasteiger partial charge in [0, 0.05) is 5.69 Å². The molecule has 9 heteroatoms. The van der Waals surface area contributed by atoms with E-state index in [1.54, 1.807) is 32.1 Å². The van der Waals surface area contributed by atoms with Gasteiger partial charge < -0.3 is 9.72 Å². The van der Waals surface area contributed by atoms with E-state index in [9.17, 15) is 9.59 Å². The highest BCUT2D eigenvalue weighted by Gasteiger charge is 2.23. The second-order valence-corrected chi connectivity index (χ2v) is 8.18. The molecule has 0 aliphatic carbocycles. The SMILES string of the molecule is CCOC(=O)c1c(C)[nH]c(C(=O)CSc2nnc3sc4ccccc4n23)c1C. The number of H-pyrrole nitrogens is 1. The van der Waals surface area contributed by atoms with Gasteiger partial charge in [-0.3, -0.25) is 9.20 Å². The second kappa shape index (κ2) is 7.40. The predicted molar refractivity (Wildman–Crippen MR) is 110 cm³/mol. The lowest BCUT2D eigenvalue weighted by molar-refractivity contribution is 0.0525. The Morgan fingerprint density at radius 3 is 2.82 bits per heavy atom. The number of aromatic nitrogens is 4. The Bertz CT molecular complexity index is 1200. The minimum absolute atomic E-state index is 0.0996. The van der Waals surface area contributed by atoms with Gasteiger partial charge in [-0.05, 0) is 38.5 Å². The van der Waals surface area contributed by atoms with Crippen LogP contribution in [0, 0.1) is 13.8 Å². The lowest BCUT2D eigenvalue weighted by atomic mass is 10.1. The molecule has 0 atom stereocenters. The number of rotatable bonds is 6. The molecule has 0 bridgehead atoms. The molecule has 3 heterocycles. The number of benzene rings is 1. The van der Waals surface area contributed by atoms with Crippen molar-refractivity contribution in [1.82, 2.24) is 19.6 Å². The van der Waals surface area contributed by atoms with Crippen LogP contribution in [0.15, 0.2) is 29.4 Å². The van der Waals surface area contributed by atoms with E-state index in [0.717, 1.165) is 15.2 Å². The van der Waals surface area contributed by atoms with Crippen molar-refractivity contribution in [2.24, 2.45) is 0 Å². The first-order valence-electron chi connectivity index (χ1n) is 8.76. The quantitative estimate of drug-likeness (QED) is 0.291. The fraction of sp³-hybridized carbons (Fsp3) is 0.263. The minimum atomic E-state index is -0.413. The van der Waals surface area contributed by atoms with Crippen molar-refractivity contribution in [3.8, 4) is 0 Å². The first kappa shape index (κ1) is 18.7. The van der Waals surface area contributed by atoms with E-state index < -0.39 is 5.97 Å². The zero-order valence-electron chi connectivity index (χ0n) is 15.6. The number of para-hydroxylation sites is 1. The summed E-state index contributed by atoms with van der Waals surface area (Å²) in [5.74, 6) is -0.324. The predicted octanol–water partition coefficient (Wildman–Crippen LogP) is 4.04. The highest BCUT2D eigenvalue weighted by Crippen LogP contribution is 2.30. The first-order valence-corrected chi connectivity index (χ1v) is 10.6. The van der Waals surface area contributed by atoms with E-state index in [0.29, 0.717) is 34.3 Å². The standard InChI is InChI=1S/C19H18N4O3S2/c1-4-26-17(25)15-10(2)16(20-11(15)3)13(24)9-27-18-21-22-19-23(18)12-7-5-6-8-14(12)28-19/h5-8,20H,4,9H2,1-3H3. The molecule has 7 nitrogen and oxygen atoms in total. The number of carbonyl (C=O) groups is 2. The van der Waals surface area contributed by atoms with E-state index in [2.05, 4.69) is 15.2 Å². The van der Waals surface area contributed by atoms with Crippen LogP contribution in [0.3, 0.4) is 0 Å². The van der Waals surface area contributed by atoms with Crippen molar-refractivity contribution in [3.63, 3.8) is 0 Å². The summed E-state index contributed by atoms with van der Waals surface area (Å²) in [6.07, 6.45) is 0. The largest absolute Gasteiger partial charge is 0.462 e. The van der Waals surface area contributed by atoms with E-state index in [-0.39, 0.29) is 11.5 Å². The number of thiazole rings is 1. The number of thioether (sulfide) groups is 1. The molecule has 3 aromatic heterocycles. The molecule has 0 amide bonds. The molecule has 0 spiro atoms. The average Bonchev–Trinajstić information content (AvgIpc) is 3.32. The Balaban J connectivity index is 1.58. The highest BCUT2D eigenvalue weighted by molar-refractivity contribution is 7.99. The van der Waals surface area contributed by atoms with Crippen LogP contribution < -0.4 is 0 Å². The second-order valence-electron chi connectivity index (χ2n) is 6.23. The maximum atomic E-state index is 12.8. The number of Topliss-reactive ketones (excluding diaryl/α,β-unsaturated/α-hetero) is 1. The maximum Gasteiger partial charge on any atom is 0.340 e. The third-order valence-electron chi connectivity index (χ3n) is 4.44. The van der Waals surface area contributed by atoms with Crippen molar-refractivity contribution in [2.45, 2.75) is 25.9 Å². The molecule has 0 saturated carbocycles. The van der Waals surface area contributed by atoms with Crippen LogP contribution in [0.25, 0.3) is 15.2 Å². The van der Waals surface area contributed by atoms with Crippen LogP contribution in [0.2, 0.25) is 0 Å². The topological polar surface area (TPSA) is 89.4 Å². The molecule has 1 N–H and O–H groups in total. The van der Waals surface area contributed by atoms with Crippen LogP contribution in [0.1, 0.15) is 39.0 Å². The van der Waals surface area contributed by atoms with Gasteiger partial charge in [0.2, 0.25) is 4.96 Å². The van der Waals surface area contributed by atoms with Gasteiger partial charge in [0.05, 0.1) is 33.8 Å². The van der Waals surface area contributed by atoms with Gasteiger partial charge in [-0.1, -0.05) is 35.2 Å². The minimum Gasteiger partial charge on any atom is -0.462 e. The van der Waals surface area contributed by atoms with Crippen LogP contribution in [0.5, 0.6) is 0 Å². The molecule has 28 heavy (non-hydrogen) atoms. The Morgan fingerprint density at radius 2 is 2.04 bits per heavy atom. The van der Waals surface area contributed by atoms with Crippen molar-refractivity contribution in [2.75, 3.05) is 12.4 Å². The molecular formula is C19H18N4O3S2. The molecule has 0 aliphatic heterocycles. The van der Waals surface area contributed by atoms with Crippen molar-refractivity contribution >= 4 is 50.0 Å². The lowest BCUT2D eigenvalue weighted by Crippen LogP contribution is -2.08. The number of hydrogen-bond acceptors (Lipinski definition) is 7. The van der Waals surface area contributed by atoms with Gasteiger partial charge in [0.15, 0.2) is 10.9 Å². The van der Waals surface area contributed by atoms with Gasteiger partial charge in [-0.15, -0.1) is 10.2 Å². The number of nitrogens with zero attached hydrogens (tertiary/aromatic N) is 3. The number of ketones is 1. The summed E-state index contributed by atoms with van der Waals surface area (Å²) < 4.78 is 8.17. The van der Waals surface area contributed by atoms with E-state index in [4.69, 9.17) is 4.74 Å².